The van der Waals surface area contributed by atoms with E-state index >= 15 is 0 Å². The highest BCUT2D eigenvalue weighted by Gasteiger charge is 2.40. The molecule has 2 aliphatic carbocycles. The summed E-state index contributed by atoms with van der Waals surface area (Å²) in [5.41, 5.74) is 0.758. The van der Waals surface area contributed by atoms with Crippen LogP contribution in [-0.2, 0) is 0 Å². The predicted octanol–water partition coefficient (Wildman–Crippen LogP) is 8.07. The highest BCUT2D eigenvalue weighted by molar-refractivity contribution is 4.91. The Morgan fingerprint density at radius 3 is 2.26 bits per heavy atom. The van der Waals surface area contributed by atoms with Crippen LogP contribution < -0.4 is 0 Å². The molecule has 0 unspecified atom stereocenters. The van der Waals surface area contributed by atoms with E-state index < -0.39 is 0 Å². The minimum Gasteiger partial charge on any atom is -0.103 e. The van der Waals surface area contributed by atoms with Crippen LogP contribution in [0.25, 0.3) is 0 Å². The number of hydrogen-bond acceptors (Lipinski definition) is 0. The Morgan fingerprint density at radius 2 is 1.61 bits per heavy atom. The second-order valence-corrected chi connectivity index (χ2v) is 8.67. The minimum atomic E-state index is 0.758. The third-order valence-electron chi connectivity index (χ3n) is 7.09. The maximum Gasteiger partial charge on any atom is -0.0269 e. The summed E-state index contributed by atoms with van der Waals surface area (Å²) in [6.07, 6.45) is 27.3. The predicted molar refractivity (Wildman–Crippen MR) is 104 cm³/mol. The fourth-order valence-corrected chi connectivity index (χ4v) is 5.71. The Labute approximate surface area is 146 Å². The molecule has 134 valence electrons. The van der Waals surface area contributed by atoms with E-state index in [9.17, 15) is 0 Å². The van der Waals surface area contributed by atoms with Crippen LogP contribution in [0.15, 0.2) is 12.7 Å². The molecule has 0 aromatic carbocycles. The summed E-state index contributed by atoms with van der Waals surface area (Å²) in [6, 6.07) is 0. The monoisotopic (exact) mass is 318 g/mol. The molecule has 23 heavy (non-hydrogen) atoms. The van der Waals surface area contributed by atoms with Gasteiger partial charge in [-0.25, -0.2) is 0 Å². The van der Waals surface area contributed by atoms with E-state index in [2.05, 4.69) is 19.6 Å². The highest BCUT2D eigenvalue weighted by atomic mass is 14.5. The topological polar surface area (TPSA) is 0 Å². The molecule has 0 amide bonds. The Balaban J connectivity index is 1.80. The van der Waals surface area contributed by atoms with Crippen molar-refractivity contribution in [3.05, 3.63) is 12.7 Å². The molecule has 0 nitrogen and oxygen atoms in total. The van der Waals surface area contributed by atoms with Crippen molar-refractivity contribution < 1.29 is 0 Å². The zero-order valence-corrected chi connectivity index (χ0v) is 16.0. The lowest BCUT2D eigenvalue weighted by Gasteiger charge is -2.47. The standard InChI is InChI=1S/C23H42/c1-3-5-6-7-8-10-18-23(19-11-9-12-20-23)22-16-14-21(13-4-2)15-17-22/h3,21-22H,1,4-20H2,2H3. The Morgan fingerprint density at radius 1 is 0.913 bits per heavy atom. The van der Waals surface area contributed by atoms with Crippen LogP contribution >= 0.6 is 0 Å². The largest absolute Gasteiger partial charge is 0.103 e. The van der Waals surface area contributed by atoms with E-state index in [0.717, 1.165) is 17.3 Å². The van der Waals surface area contributed by atoms with Gasteiger partial charge in [0.1, 0.15) is 0 Å². The number of unbranched alkanes of at least 4 members (excludes halogenated alkanes) is 4. The van der Waals surface area contributed by atoms with Crippen LogP contribution in [0, 0.1) is 17.3 Å². The molecule has 0 aromatic rings. The average Bonchev–Trinajstić information content (AvgIpc) is 2.60. The first-order valence-corrected chi connectivity index (χ1v) is 10.9. The van der Waals surface area contributed by atoms with Gasteiger partial charge >= 0.3 is 0 Å². The molecule has 0 spiro atoms. The van der Waals surface area contributed by atoms with Crippen LogP contribution in [0.2, 0.25) is 0 Å². The van der Waals surface area contributed by atoms with Crippen molar-refractivity contribution in [2.45, 2.75) is 116 Å². The van der Waals surface area contributed by atoms with Crippen molar-refractivity contribution in [3.8, 4) is 0 Å². The fraction of sp³-hybridized carbons (Fsp3) is 0.913. The lowest BCUT2D eigenvalue weighted by atomic mass is 9.58. The Kier molecular flexibility index (Phi) is 8.77. The van der Waals surface area contributed by atoms with Crippen molar-refractivity contribution in [1.82, 2.24) is 0 Å². The normalized spacial score (nSPS) is 27.7. The molecule has 0 radical (unpaired) electrons. The van der Waals surface area contributed by atoms with Gasteiger partial charge in [0.25, 0.3) is 0 Å². The maximum atomic E-state index is 3.84. The summed E-state index contributed by atoms with van der Waals surface area (Å²) < 4.78 is 0. The first-order chi connectivity index (χ1) is 11.3. The van der Waals surface area contributed by atoms with Gasteiger partial charge in [-0.3, -0.25) is 0 Å². The van der Waals surface area contributed by atoms with Crippen LogP contribution in [0.1, 0.15) is 116 Å². The van der Waals surface area contributed by atoms with Gasteiger partial charge in [-0.1, -0.05) is 77.2 Å². The van der Waals surface area contributed by atoms with E-state index in [4.69, 9.17) is 0 Å². The zero-order valence-electron chi connectivity index (χ0n) is 16.0. The van der Waals surface area contributed by atoms with E-state index in [1.165, 1.54) is 64.2 Å². The van der Waals surface area contributed by atoms with Gasteiger partial charge in [-0.05, 0) is 62.2 Å². The van der Waals surface area contributed by atoms with Gasteiger partial charge in [-0.15, -0.1) is 6.58 Å². The molecule has 2 saturated carbocycles. The molecule has 0 N–H and O–H groups in total. The van der Waals surface area contributed by atoms with E-state index in [0.29, 0.717) is 0 Å². The molecule has 0 aliphatic heterocycles. The van der Waals surface area contributed by atoms with E-state index in [1.807, 2.05) is 0 Å². The van der Waals surface area contributed by atoms with E-state index in [-0.39, 0.29) is 0 Å². The molecule has 0 atom stereocenters. The molecular weight excluding hydrogens is 276 g/mol. The lowest BCUT2D eigenvalue weighted by Crippen LogP contribution is -2.35. The Bertz CT molecular complexity index is 302. The van der Waals surface area contributed by atoms with Crippen molar-refractivity contribution >= 4 is 0 Å². The van der Waals surface area contributed by atoms with Crippen molar-refractivity contribution in [2.75, 3.05) is 0 Å². The van der Waals surface area contributed by atoms with Gasteiger partial charge in [0.05, 0.1) is 0 Å². The first-order valence-electron chi connectivity index (χ1n) is 10.9. The molecule has 0 bridgehead atoms. The fourth-order valence-electron chi connectivity index (χ4n) is 5.71. The smallest absolute Gasteiger partial charge is 0.0269 e. The molecule has 0 heterocycles. The molecule has 2 aliphatic rings. The first kappa shape index (κ1) is 19.1. The second-order valence-electron chi connectivity index (χ2n) is 8.67. The number of hydrogen-bond donors (Lipinski definition) is 0. The van der Waals surface area contributed by atoms with Gasteiger partial charge < -0.3 is 0 Å². The van der Waals surface area contributed by atoms with Gasteiger partial charge in [0.2, 0.25) is 0 Å². The van der Waals surface area contributed by atoms with Crippen molar-refractivity contribution in [3.63, 3.8) is 0 Å². The van der Waals surface area contributed by atoms with E-state index in [1.54, 1.807) is 44.9 Å². The maximum absolute atomic E-state index is 3.84. The molecule has 2 rings (SSSR count). The summed E-state index contributed by atoms with van der Waals surface area (Å²) in [5, 5.41) is 0. The summed E-state index contributed by atoms with van der Waals surface area (Å²) >= 11 is 0. The third-order valence-corrected chi connectivity index (χ3v) is 7.09. The number of allylic oxidation sites excluding steroid dienone is 1. The second kappa shape index (κ2) is 10.6. The van der Waals surface area contributed by atoms with Crippen molar-refractivity contribution in [1.29, 1.82) is 0 Å². The summed E-state index contributed by atoms with van der Waals surface area (Å²) in [5.74, 6) is 2.14. The lowest BCUT2D eigenvalue weighted by molar-refractivity contribution is 0.0425. The zero-order chi connectivity index (χ0) is 16.4. The number of rotatable bonds is 10. The van der Waals surface area contributed by atoms with Crippen LogP contribution in [-0.4, -0.2) is 0 Å². The van der Waals surface area contributed by atoms with Crippen LogP contribution in [0.3, 0.4) is 0 Å². The molecular formula is C23H42. The molecule has 0 heteroatoms. The summed E-state index contributed by atoms with van der Waals surface area (Å²) in [7, 11) is 0. The minimum absolute atomic E-state index is 0.758. The van der Waals surface area contributed by atoms with Gasteiger partial charge in [-0.2, -0.15) is 0 Å². The SMILES string of the molecule is C=CCCCCCCC1(C2CCC(CCC)CC2)CCCCC1. The quantitative estimate of drug-likeness (QED) is 0.282. The molecule has 0 aromatic heterocycles. The molecule has 2 fully saturated rings. The summed E-state index contributed by atoms with van der Waals surface area (Å²) in [4.78, 5) is 0. The van der Waals surface area contributed by atoms with Gasteiger partial charge in [0, 0.05) is 0 Å². The molecule has 0 saturated heterocycles. The summed E-state index contributed by atoms with van der Waals surface area (Å²) in [6.45, 7) is 6.21. The van der Waals surface area contributed by atoms with Gasteiger partial charge in [0.15, 0.2) is 0 Å². The van der Waals surface area contributed by atoms with Crippen molar-refractivity contribution in [2.24, 2.45) is 17.3 Å². The highest BCUT2D eigenvalue weighted by Crippen LogP contribution is 2.52. The third kappa shape index (κ3) is 5.95. The van der Waals surface area contributed by atoms with Crippen LogP contribution in [0.5, 0.6) is 0 Å². The van der Waals surface area contributed by atoms with Crippen LogP contribution in [0.4, 0.5) is 0 Å². The Hall–Kier alpha value is -0.260. The average molecular weight is 319 g/mol.